The molecule has 0 aliphatic carbocycles. The van der Waals surface area contributed by atoms with E-state index in [0.717, 1.165) is 44.5 Å². The van der Waals surface area contributed by atoms with Gasteiger partial charge in [-0.05, 0) is 89.8 Å². The predicted octanol–water partition coefficient (Wildman–Crippen LogP) is 17.9. The minimum absolute atomic E-state index is 0.166. The van der Waals surface area contributed by atoms with Crippen LogP contribution in [0.15, 0.2) is 72.8 Å². The number of benzene rings is 4. The molecule has 4 aromatic carbocycles. The van der Waals surface area contributed by atoms with Gasteiger partial charge in [0.2, 0.25) is 0 Å². The second-order valence-corrected chi connectivity index (χ2v) is 29.5. The fourth-order valence-corrected chi connectivity index (χ4v) is 9.76. The Bertz CT molecular complexity index is 2140. The zero-order valence-corrected chi connectivity index (χ0v) is 47.6. The molecule has 0 aromatic heterocycles. The van der Waals surface area contributed by atoms with Crippen LogP contribution in [0.5, 0.6) is 23.0 Å². The Morgan fingerprint density at radius 1 is 0.299 bits per heavy atom. The van der Waals surface area contributed by atoms with Gasteiger partial charge in [-0.15, -0.1) is 0 Å². The van der Waals surface area contributed by atoms with Crippen molar-refractivity contribution < 1.29 is 36.3 Å². The van der Waals surface area contributed by atoms with Gasteiger partial charge in [0, 0.05) is 22.3 Å². The minimum atomic E-state index is -4.70. The molecule has 0 unspecified atom stereocenters. The van der Waals surface area contributed by atoms with E-state index < -0.39 is 44.1 Å². The first kappa shape index (κ1) is 56.1. The highest BCUT2D eigenvalue weighted by molar-refractivity contribution is 7.50. The molecule has 0 radical (unpaired) electrons. The van der Waals surface area contributed by atoms with Crippen molar-refractivity contribution in [1.82, 2.24) is 0 Å². The molecule has 0 bridgehead atoms. The minimum Gasteiger partial charge on any atom is -0.395 e. The van der Waals surface area contributed by atoms with E-state index in [1.165, 1.54) is 0 Å². The Labute approximate surface area is 406 Å². The third-order valence-electron chi connectivity index (χ3n) is 11.9. The molecule has 0 saturated heterocycles. The summed E-state index contributed by atoms with van der Waals surface area (Å²) in [4.78, 5) is 0. The van der Waals surface area contributed by atoms with Crippen molar-refractivity contribution in [2.75, 3.05) is 6.79 Å². The molecule has 0 spiro atoms. The van der Waals surface area contributed by atoms with Gasteiger partial charge >= 0.3 is 15.6 Å². The van der Waals surface area contributed by atoms with E-state index in [2.05, 4.69) is 190 Å². The summed E-state index contributed by atoms with van der Waals surface area (Å²) in [6.07, 6.45) is 0. The molecule has 0 aliphatic heterocycles. The summed E-state index contributed by atoms with van der Waals surface area (Å²) in [5.41, 5.74) is 5.21. The molecule has 0 atom stereocenters. The lowest BCUT2D eigenvalue weighted by Gasteiger charge is -2.31. The van der Waals surface area contributed by atoms with Crippen LogP contribution >= 0.6 is 15.6 Å². The van der Waals surface area contributed by atoms with Crippen LogP contribution in [-0.4, -0.2) is 6.79 Å². The Kier molecular flexibility index (Phi) is 15.9. The first-order chi connectivity index (χ1) is 29.9. The van der Waals surface area contributed by atoms with E-state index in [4.69, 9.17) is 27.1 Å². The maximum atomic E-state index is 15.6. The van der Waals surface area contributed by atoms with Crippen LogP contribution in [0.25, 0.3) is 0 Å². The van der Waals surface area contributed by atoms with E-state index >= 15 is 9.13 Å². The SMILES string of the molecule is CC(C)(C)c1ccc(OP(=O)(OCOP(=O)(Oc2ccc(C(C)(C)C)cc2C(C)(C)C)Oc2ccc(C(C)(C)C)cc2C(C)(C)C)Oc2ccc(C(C)(C)C)cc2C(C)(C)C)c(C(C)(C)C)c1. The van der Waals surface area contributed by atoms with Gasteiger partial charge in [-0.2, -0.15) is 0 Å². The van der Waals surface area contributed by atoms with Crippen LogP contribution < -0.4 is 18.1 Å². The van der Waals surface area contributed by atoms with Crippen LogP contribution in [0.2, 0.25) is 0 Å². The van der Waals surface area contributed by atoms with Crippen molar-refractivity contribution in [1.29, 1.82) is 0 Å². The summed E-state index contributed by atoms with van der Waals surface area (Å²) in [7, 11) is -9.40. The first-order valence-electron chi connectivity index (χ1n) is 23.8. The average Bonchev–Trinajstić information content (AvgIpc) is 3.11. The third kappa shape index (κ3) is 14.7. The van der Waals surface area contributed by atoms with Crippen molar-refractivity contribution in [2.24, 2.45) is 0 Å². The topological polar surface area (TPSA) is 89.5 Å². The van der Waals surface area contributed by atoms with Gasteiger partial charge in [-0.3, -0.25) is 0 Å². The number of phosphoric ester groups is 2. The summed E-state index contributed by atoms with van der Waals surface area (Å²) in [6.45, 7) is 49.8. The normalized spacial score (nSPS) is 14.0. The van der Waals surface area contributed by atoms with Crippen LogP contribution in [0.1, 0.15) is 211 Å². The van der Waals surface area contributed by atoms with Gasteiger partial charge in [0.05, 0.1) is 0 Å². The van der Waals surface area contributed by atoms with Crippen LogP contribution in [0, 0.1) is 0 Å². The Hall–Kier alpha value is -3.54. The third-order valence-corrected chi connectivity index (χ3v) is 14.4. The summed E-state index contributed by atoms with van der Waals surface area (Å²) in [5.74, 6) is 1.30. The molecule has 0 amide bonds. The summed E-state index contributed by atoms with van der Waals surface area (Å²) in [6, 6.07) is 23.5. The van der Waals surface area contributed by atoms with Crippen LogP contribution in [-0.2, 0) is 61.5 Å². The van der Waals surface area contributed by atoms with E-state index in [0.29, 0.717) is 23.0 Å². The molecule has 372 valence electrons. The van der Waals surface area contributed by atoms with Crippen molar-refractivity contribution in [3.05, 3.63) is 117 Å². The molecule has 0 saturated carbocycles. The quantitative estimate of drug-likeness (QED) is 0.102. The van der Waals surface area contributed by atoms with E-state index in [1.54, 1.807) is 0 Å². The summed E-state index contributed by atoms with van der Waals surface area (Å²) < 4.78 is 69.7. The largest absolute Gasteiger partial charge is 0.589 e. The van der Waals surface area contributed by atoms with Crippen molar-refractivity contribution in [3.63, 3.8) is 0 Å². The lowest BCUT2D eigenvalue weighted by atomic mass is 9.80. The number of rotatable bonds is 12. The number of hydrogen-bond acceptors (Lipinski definition) is 8. The van der Waals surface area contributed by atoms with Gasteiger partial charge in [0.1, 0.15) is 23.0 Å². The highest BCUT2D eigenvalue weighted by Crippen LogP contribution is 2.57. The summed E-state index contributed by atoms with van der Waals surface area (Å²) >= 11 is 0. The molecule has 0 N–H and O–H groups in total. The van der Waals surface area contributed by atoms with Crippen LogP contribution in [0.3, 0.4) is 0 Å². The first-order valence-corrected chi connectivity index (χ1v) is 26.7. The Balaban J connectivity index is 1.93. The lowest BCUT2D eigenvalue weighted by molar-refractivity contribution is 0.0660. The average molecular weight is 961 g/mol. The second kappa shape index (κ2) is 19.0. The standard InChI is InChI=1S/C57H86O8P2/c1-50(2,3)38-25-29-46(42(33-38)54(13,14)15)62-66(58,63-47-30-26-39(51(4,5)6)34-43(47)55(16,17)18)60-37-61-67(59,64-48-31-27-40(52(7,8)9)35-44(48)56(19,20)21)65-49-32-28-41(53(10,11)12)36-45(49)57(22,23)24/h25-36H,37H2,1-24H3. The fraction of sp³-hybridized carbons (Fsp3) is 0.579. The molecule has 0 fully saturated rings. The van der Waals surface area contributed by atoms with E-state index in [-0.39, 0.29) is 21.7 Å². The zero-order chi connectivity index (χ0) is 51.4. The van der Waals surface area contributed by atoms with Gasteiger partial charge < -0.3 is 18.1 Å². The molecule has 10 heteroatoms. The maximum Gasteiger partial charge on any atom is 0.589 e. The monoisotopic (exact) mass is 961 g/mol. The van der Waals surface area contributed by atoms with Crippen molar-refractivity contribution in [2.45, 2.75) is 209 Å². The predicted molar refractivity (Wildman–Crippen MR) is 280 cm³/mol. The maximum absolute atomic E-state index is 15.6. The highest BCUT2D eigenvalue weighted by Gasteiger charge is 2.41. The van der Waals surface area contributed by atoms with Crippen molar-refractivity contribution in [3.8, 4) is 23.0 Å². The molecule has 0 aliphatic rings. The van der Waals surface area contributed by atoms with E-state index in [9.17, 15) is 0 Å². The smallest absolute Gasteiger partial charge is 0.395 e. The Morgan fingerprint density at radius 2 is 0.478 bits per heavy atom. The Morgan fingerprint density at radius 3 is 0.627 bits per heavy atom. The highest BCUT2D eigenvalue weighted by atomic mass is 31.2. The lowest BCUT2D eigenvalue weighted by Crippen LogP contribution is -2.20. The van der Waals surface area contributed by atoms with E-state index in [1.807, 2.05) is 48.5 Å². The molecule has 4 aromatic rings. The van der Waals surface area contributed by atoms with Gasteiger partial charge in [0.15, 0.2) is 6.79 Å². The summed E-state index contributed by atoms with van der Waals surface area (Å²) in [5, 5.41) is 0. The second-order valence-electron chi connectivity index (χ2n) is 26.5. The molecule has 4 rings (SSSR count). The molecule has 67 heavy (non-hydrogen) atoms. The molecular weight excluding hydrogens is 875 g/mol. The molecular formula is C57H86O8P2. The number of hydrogen-bond donors (Lipinski definition) is 0. The number of phosphoric acid groups is 2. The van der Waals surface area contributed by atoms with Crippen LogP contribution in [0.4, 0.5) is 0 Å². The van der Waals surface area contributed by atoms with Gasteiger partial charge in [-0.1, -0.05) is 215 Å². The van der Waals surface area contributed by atoms with Crippen molar-refractivity contribution >= 4 is 15.6 Å². The molecule has 8 nitrogen and oxygen atoms in total. The zero-order valence-electron chi connectivity index (χ0n) is 45.8. The van der Waals surface area contributed by atoms with Gasteiger partial charge in [-0.25, -0.2) is 18.2 Å². The molecule has 0 heterocycles. The van der Waals surface area contributed by atoms with Gasteiger partial charge in [0.25, 0.3) is 0 Å². The fourth-order valence-electron chi connectivity index (χ4n) is 7.43.